The molecule has 2 rings (SSSR count). The Bertz CT molecular complexity index is 132. The summed E-state index contributed by atoms with van der Waals surface area (Å²) in [6, 6.07) is 0.272. The van der Waals surface area contributed by atoms with Crippen LogP contribution in [0.2, 0.25) is 0 Å². The smallest absolute Gasteiger partial charge is 0.0408 e. The van der Waals surface area contributed by atoms with Crippen LogP contribution < -0.4 is 0 Å². The predicted octanol–water partition coefficient (Wildman–Crippen LogP) is 1.99. The third-order valence-electron chi connectivity index (χ3n) is 2.84. The van der Waals surface area contributed by atoms with E-state index in [0.717, 1.165) is 23.9 Å². The zero-order valence-electron chi connectivity index (χ0n) is 6.39. The van der Waals surface area contributed by atoms with Gasteiger partial charge in [0.05, 0.1) is 0 Å². The van der Waals surface area contributed by atoms with E-state index in [1.807, 2.05) is 0 Å². The van der Waals surface area contributed by atoms with Gasteiger partial charge in [-0.3, -0.25) is 0 Å². The fraction of sp³-hybridized carbons (Fsp3) is 1.00. The Morgan fingerprint density at radius 2 is 2.10 bits per heavy atom. The normalized spacial score (nSPS) is 48.0. The number of halogens is 1. The Labute approximate surface area is 61.1 Å². The first-order valence-electron chi connectivity index (χ1n) is 4.18. The molecule has 1 heterocycles. The van der Waals surface area contributed by atoms with Crippen molar-refractivity contribution in [1.29, 1.82) is 0 Å². The molecule has 1 aliphatic heterocycles. The second-order valence-electron chi connectivity index (χ2n) is 3.91. The monoisotopic (exact) mass is 143 g/mol. The van der Waals surface area contributed by atoms with E-state index in [0.29, 0.717) is 12.5 Å². The van der Waals surface area contributed by atoms with Gasteiger partial charge in [0.25, 0.3) is 0 Å². The molecule has 0 aromatic heterocycles. The summed E-state index contributed by atoms with van der Waals surface area (Å²) in [5.41, 5.74) is 0. The van der Waals surface area contributed by atoms with Crippen molar-refractivity contribution < 1.29 is 4.48 Å². The van der Waals surface area contributed by atoms with Crippen molar-refractivity contribution in [2.75, 3.05) is 6.54 Å². The number of fused-ring (bicyclic) bond motifs is 2. The van der Waals surface area contributed by atoms with Crippen molar-refractivity contribution >= 4 is 0 Å². The fourth-order valence-corrected chi connectivity index (χ4v) is 2.48. The number of hydrogen-bond donors (Lipinski definition) is 0. The average molecular weight is 143 g/mol. The molecule has 1 nitrogen and oxygen atoms in total. The molecule has 0 radical (unpaired) electrons. The van der Waals surface area contributed by atoms with Crippen LogP contribution in [0.1, 0.15) is 26.2 Å². The molecule has 10 heavy (non-hydrogen) atoms. The van der Waals surface area contributed by atoms with E-state index in [-0.39, 0.29) is 6.04 Å². The van der Waals surface area contributed by atoms with Crippen LogP contribution in [0.5, 0.6) is 0 Å². The van der Waals surface area contributed by atoms with Crippen molar-refractivity contribution in [3.05, 3.63) is 0 Å². The lowest BCUT2D eigenvalue weighted by Crippen LogP contribution is -2.23. The molecule has 2 fully saturated rings. The van der Waals surface area contributed by atoms with Gasteiger partial charge in [-0.1, -0.05) is 6.92 Å². The first-order chi connectivity index (χ1) is 4.75. The minimum absolute atomic E-state index is 0.272. The fourth-order valence-electron chi connectivity index (χ4n) is 2.48. The number of nitrogens with zero attached hydrogens (tertiary/aromatic N) is 1. The van der Waals surface area contributed by atoms with Crippen LogP contribution in [0.3, 0.4) is 0 Å². The van der Waals surface area contributed by atoms with Crippen LogP contribution in [-0.4, -0.2) is 17.7 Å². The third-order valence-corrected chi connectivity index (χ3v) is 2.84. The van der Waals surface area contributed by atoms with Gasteiger partial charge in [-0.15, -0.1) is 9.60 Å². The molecule has 2 heteroatoms. The molecule has 3 unspecified atom stereocenters. The lowest BCUT2D eigenvalue weighted by atomic mass is 9.83. The summed E-state index contributed by atoms with van der Waals surface area (Å²) in [6.45, 7) is 2.94. The summed E-state index contributed by atoms with van der Waals surface area (Å²) < 4.78 is 12.9. The molecule has 0 spiro atoms. The highest BCUT2D eigenvalue weighted by atomic mass is 19.2. The van der Waals surface area contributed by atoms with E-state index < -0.39 is 0 Å². The van der Waals surface area contributed by atoms with E-state index >= 15 is 0 Å². The molecule has 2 aliphatic rings. The summed E-state index contributed by atoms with van der Waals surface area (Å²) in [5.74, 6) is 1.42. The molecule has 1 saturated carbocycles. The molecular weight excluding hydrogens is 129 g/mol. The van der Waals surface area contributed by atoms with Crippen molar-refractivity contribution in [3.8, 4) is 0 Å². The molecule has 3 atom stereocenters. The van der Waals surface area contributed by atoms with E-state index in [1.165, 1.54) is 6.42 Å². The molecule has 1 saturated heterocycles. The van der Waals surface area contributed by atoms with Gasteiger partial charge < -0.3 is 0 Å². The van der Waals surface area contributed by atoms with Crippen LogP contribution in [-0.2, 0) is 0 Å². The lowest BCUT2D eigenvalue weighted by Gasteiger charge is -2.23. The summed E-state index contributed by atoms with van der Waals surface area (Å²) >= 11 is 0. The zero-order chi connectivity index (χ0) is 7.14. The van der Waals surface area contributed by atoms with Gasteiger partial charge in [-0.2, -0.15) is 0 Å². The van der Waals surface area contributed by atoms with Crippen LogP contribution in [0.4, 0.5) is 4.48 Å². The van der Waals surface area contributed by atoms with E-state index in [2.05, 4.69) is 6.92 Å². The second-order valence-corrected chi connectivity index (χ2v) is 3.91. The van der Waals surface area contributed by atoms with E-state index in [1.54, 1.807) is 0 Å². The summed E-state index contributed by atoms with van der Waals surface area (Å²) in [5, 5.41) is 1.05. The van der Waals surface area contributed by atoms with Gasteiger partial charge in [0, 0.05) is 12.6 Å². The molecule has 0 amide bonds. The number of rotatable bonds is 0. The summed E-state index contributed by atoms with van der Waals surface area (Å²) in [7, 11) is 0. The molecule has 0 N–H and O–H groups in total. The first-order valence-corrected chi connectivity index (χ1v) is 4.18. The second kappa shape index (κ2) is 2.19. The highest BCUT2D eigenvalue weighted by molar-refractivity contribution is 4.87. The van der Waals surface area contributed by atoms with Crippen LogP contribution in [0.25, 0.3) is 0 Å². The Morgan fingerprint density at radius 1 is 1.30 bits per heavy atom. The summed E-state index contributed by atoms with van der Waals surface area (Å²) in [6.07, 6.45) is 3.44. The van der Waals surface area contributed by atoms with Gasteiger partial charge in [-0.25, -0.2) is 0 Å². The zero-order valence-corrected chi connectivity index (χ0v) is 6.39. The van der Waals surface area contributed by atoms with Crippen molar-refractivity contribution in [3.63, 3.8) is 0 Å². The van der Waals surface area contributed by atoms with Gasteiger partial charge in [0.1, 0.15) is 0 Å². The van der Waals surface area contributed by atoms with Gasteiger partial charge in [0.15, 0.2) is 0 Å². The quantitative estimate of drug-likeness (QED) is 0.469. The molecule has 1 aliphatic carbocycles. The largest absolute Gasteiger partial charge is 0.143 e. The van der Waals surface area contributed by atoms with Crippen LogP contribution in [0.15, 0.2) is 0 Å². The van der Waals surface area contributed by atoms with Crippen LogP contribution >= 0.6 is 0 Å². The molecule has 0 aromatic rings. The highest BCUT2D eigenvalue weighted by Gasteiger charge is 2.38. The van der Waals surface area contributed by atoms with Gasteiger partial charge >= 0.3 is 0 Å². The van der Waals surface area contributed by atoms with Crippen molar-refractivity contribution in [2.45, 2.75) is 32.2 Å². The molecule has 2 bridgehead atoms. The maximum atomic E-state index is 12.9. The van der Waals surface area contributed by atoms with E-state index in [4.69, 9.17) is 0 Å². The Hall–Kier alpha value is -0.110. The standard InChI is InChI=1S/C8H14FN/c1-6-2-7-4-8(3-6)10(9)5-7/h6-8H,2-5H2,1H3. The molecule has 0 aromatic carbocycles. The Balaban J connectivity index is 2.06. The van der Waals surface area contributed by atoms with Gasteiger partial charge in [-0.05, 0) is 31.1 Å². The Kier molecular flexibility index (Phi) is 1.44. The highest BCUT2D eigenvalue weighted by Crippen LogP contribution is 2.38. The maximum Gasteiger partial charge on any atom is 0.0408 e. The average Bonchev–Trinajstić information content (AvgIpc) is 2.07. The molecule has 58 valence electrons. The minimum Gasteiger partial charge on any atom is -0.143 e. The maximum absolute atomic E-state index is 12.9. The van der Waals surface area contributed by atoms with Crippen LogP contribution in [0, 0.1) is 11.8 Å². The minimum atomic E-state index is 0.272. The number of hydrogen-bond acceptors (Lipinski definition) is 1. The topological polar surface area (TPSA) is 3.24 Å². The molecular formula is C8H14FN. The third kappa shape index (κ3) is 0.947. The van der Waals surface area contributed by atoms with Gasteiger partial charge in [0.2, 0.25) is 0 Å². The first kappa shape index (κ1) is 6.59. The van der Waals surface area contributed by atoms with Crippen molar-refractivity contribution in [2.24, 2.45) is 11.8 Å². The lowest BCUT2D eigenvalue weighted by molar-refractivity contribution is 0.00648. The van der Waals surface area contributed by atoms with Crippen molar-refractivity contribution in [1.82, 2.24) is 5.12 Å². The Morgan fingerprint density at radius 3 is 2.80 bits per heavy atom. The summed E-state index contributed by atoms with van der Waals surface area (Å²) in [4.78, 5) is 0. The SMILES string of the molecule is CC1CC2CC(C1)N(F)C2. The predicted molar refractivity (Wildman–Crippen MR) is 38.1 cm³/mol. The van der Waals surface area contributed by atoms with E-state index in [9.17, 15) is 4.48 Å².